The molecule has 1 aromatic heterocycles. The summed E-state index contributed by atoms with van der Waals surface area (Å²) in [5.74, 6) is 1.69. The van der Waals surface area contributed by atoms with Crippen molar-refractivity contribution in [3.63, 3.8) is 0 Å². The molecule has 18 heavy (non-hydrogen) atoms. The van der Waals surface area contributed by atoms with E-state index in [-0.39, 0.29) is 0 Å². The standard InChI is InChI=1S/C14H23N3O/c1-3-18-14-9-5-8-13(16-14)17-11(2)6-4-7-12(17)10-15/h5,8-9,11-12H,3-4,6-7,10,15H2,1-2H3. The number of hydrogen-bond acceptors (Lipinski definition) is 4. The molecule has 0 spiro atoms. The molecule has 0 amide bonds. The summed E-state index contributed by atoms with van der Waals surface area (Å²) < 4.78 is 5.47. The summed E-state index contributed by atoms with van der Waals surface area (Å²) in [4.78, 5) is 6.94. The molecule has 2 rings (SSSR count). The molecule has 0 saturated carbocycles. The van der Waals surface area contributed by atoms with Crippen LogP contribution in [0, 0.1) is 0 Å². The molecule has 1 saturated heterocycles. The van der Waals surface area contributed by atoms with Gasteiger partial charge in [-0.3, -0.25) is 0 Å². The van der Waals surface area contributed by atoms with Crippen molar-refractivity contribution in [1.29, 1.82) is 0 Å². The minimum Gasteiger partial charge on any atom is -0.478 e. The molecule has 0 aromatic carbocycles. The van der Waals surface area contributed by atoms with E-state index in [9.17, 15) is 0 Å². The number of hydrogen-bond donors (Lipinski definition) is 1. The molecule has 1 fully saturated rings. The average Bonchev–Trinajstić information content (AvgIpc) is 2.39. The summed E-state index contributed by atoms with van der Waals surface area (Å²) in [7, 11) is 0. The summed E-state index contributed by atoms with van der Waals surface area (Å²) in [5, 5.41) is 0. The summed E-state index contributed by atoms with van der Waals surface area (Å²) >= 11 is 0. The number of nitrogens with zero attached hydrogens (tertiary/aromatic N) is 2. The van der Waals surface area contributed by atoms with E-state index < -0.39 is 0 Å². The Hall–Kier alpha value is -1.29. The van der Waals surface area contributed by atoms with Crippen LogP contribution in [-0.2, 0) is 0 Å². The monoisotopic (exact) mass is 249 g/mol. The normalized spacial score (nSPS) is 24.1. The van der Waals surface area contributed by atoms with E-state index in [1.165, 1.54) is 12.8 Å². The van der Waals surface area contributed by atoms with Crippen LogP contribution < -0.4 is 15.4 Å². The van der Waals surface area contributed by atoms with Crippen LogP contribution in [0.15, 0.2) is 18.2 Å². The molecule has 2 heterocycles. The maximum absolute atomic E-state index is 5.89. The molecule has 2 N–H and O–H groups in total. The first kappa shape index (κ1) is 13.1. The Balaban J connectivity index is 2.23. The van der Waals surface area contributed by atoms with Crippen molar-refractivity contribution in [1.82, 2.24) is 4.98 Å². The minimum atomic E-state index is 0.401. The van der Waals surface area contributed by atoms with Gasteiger partial charge in [0.05, 0.1) is 6.61 Å². The number of anilines is 1. The van der Waals surface area contributed by atoms with Gasteiger partial charge in [0.15, 0.2) is 0 Å². The minimum absolute atomic E-state index is 0.401. The fraction of sp³-hybridized carbons (Fsp3) is 0.643. The maximum Gasteiger partial charge on any atom is 0.215 e. The van der Waals surface area contributed by atoms with Crippen molar-refractivity contribution in [3.8, 4) is 5.88 Å². The molecular weight excluding hydrogens is 226 g/mol. The van der Waals surface area contributed by atoms with Crippen LogP contribution >= 0.6 is 0 Å². The molecule has 2 unspecified atom stereocenters. The van der Waals surface area contributed by atoms with E-state index in [1.54, 1.807) is 0 Å². The third-order valence-corrected chi connectivity index (χ3v) is 3.57. The summed E-state index contributed by atoms with van der Waals surface area (Å²) in [5.41, 5.74) is 5.89. The predicted octanol–water partition coefficient (Wildman–Crippen LogP) is 2.19. The van der Waals surface area contributed by atoms with Gasteiger partial charge in [-0.25, -0.2) is 0 Å². The molecule has 1 aliphatic rings. The summed E-state index contributed by atoms with van der Waals surface area (Å²) in [6, 6.07) is 6.85. The highest BCUT2D eigenvalue weighted by molar-refractivity contribution is 5.43. The SMILES string of the molecule is CCOc1cccc(N2C(C)CCCC2CN)n1. The predicted molar refractivity (Wildman–Crippen MR) is 74.0 cm³/mol. The highest BCUT2D eigenvalue weighted by Gasteiger charge is 2.28. The van der Waals surface area contributed by atoms with Gasteiger partial charge in [-0.15, -0.1) is 0 Å². The van der Waals surface area contributed by atoms with Crippen LogP contribution in [0.3, 0.4) is 0 Å². The molecule has 0 bridgehead atoms. The molecular formula is C14H23N3O. The number of nitrogens with two attached hydrogens (primary N) is 1. The quantitative estimate of drug-likeness (QED) is 0.888. The smallest absolute Gasteiger partial charge is 0.215 e. The average molecular weight is 249 g/mol. The van der Waals surface area contributed by atoms with E-state index in [2.05, 4.69) is 16.8 Å². The maximum atomic E-state index is 5.89. The van der Waals surface area contributed by atoms with Gasteiger partial charge >= 0.3 is 0 Å². The topological polar surface area (TPSA) is 51.4 Å². The zero-order valence-electron chi connectivity index (χ0n) is 11.3. The van der Waals surface area contributed by atoms with Gasteiger partial charge in [0.2, 0.25) is 5.88 Å². The molecule has 1 aliphatic heterocycles. The van der Waals surface area contributed by atoms with E-state index >= 15 is 0 Å². The molecule has 100 valence electrons. The van der Waals surface area contributed by atoms with E-state index in [0.717, 1.165) is 12.2 Å². The Bertz CT molecular complexity index is 383. The van der Waals surface area contributed by atoms with Crippen LogP contribution in [0.25, 0.3) is 0 Å². The highest BCUT2D eigenvalue weighted by Crippen LogP contribution is 2.28. The lowest BCUT2D eigenvalue weighted by Crippen LogP contribution is -2.49. The molecule has 4 nitrogen and oxygen atoms in total. The number of pyridine rings is 1. The number of piperidine rings is 1. The summed E-state index contributed by atoms with van der Waals surface area (Å²) in [6.45, 7) is 5.55. The Morgan fingerprint density at radius 3 is 3.00 bits per heavy atom. The van der Waals surface area contributed by atoms with E-state index in [0.29, 0.717) is 31.1 Å². The first-order valence-electron chi connectivity index (χ1n) is 6.84. The van der Waals surface area contributed by atoms with Crippen LogP contribution in [-0.4, -0.2) is 30.2 Å². The van der Waals surface area contributed by atoms with Gasteiger partial charge < -0.3 is 15.4 Å². The lowest BCUT2D eigenvalue weighted by molar-refractivity contribution is 0.325. The van der Waals surface area contributed by atoms with Crippen LogP contribution in [0.4, 0.5) is 5.82 Å². The Labute approximate surface area is 109 Å². The Morgan fingerprint density at radius 1 is 1.44 bits per heavy atom. The van der Waals surface area contributed by atoms with Crippen molar-refractivity contribution in [2.75, 3.05) is 18.1 Å². The lowest BCUT2D eigenvalue weighted by atomic mass is 9.96. The second kappa shape index (κ2) is 6.05. The van der Waals surface area contributed by atoms with E-state index in [1.807, 2.05) is 25.1 Å². The summed E-state index contributed by atoms with van der Waals surface area (Å²) in [6.07, 6.45) is 3.61. The largest absolute Gasteiger partial charge is 0.478 e. The molecule has 0 aliphatic carbocycles. The third kappa shape index (κ3) is 2.75. The second-order valence-electron chi connectivity index (χ2n) is 4.84. The van der Waals surface area contributed by atoms with Gasteiger partial charge in [0.25, 0.3) is 0 Å². The van der Waals surface area contributed by atoms with Crippen LogP contribution in [0.1, 0.15) is 33.1 Å². The lowest BCUT2D eigenvalue weighted by Gasteiger charge is -2.41. The van der Waals surface area contributed by atoms with E-state index in [4.69, 9.17) is 10.5 Å². The van der Waals surface area contributed by atoms with Gasteiger partial charge in [-0.2, -0.15) is 4.98 Å². The molecule has 2 atom stereocenters. The molecule has 4 heteroatoms. The fourth-order valence-corrected chi connectivity index (χ4v) is 2.71. The Kier molecular flexibility index (Phi) is 4.42. The number of rotatable bonds is 4. The Morgan fingerprint density at radius 2 is 2.28 bits per heavy atom. The first-order chi connectivity index (χ1) is 8.76. The van der Waals surface area contributed by atoms with Crippen LogP contribution in [0.5, 0.6) is 5.88 Å². The van der Waals surface area contributed by atoms with Crippen LogP contribution in [0.2, 0.25) is 0 Å². The van der Waals surface area contributed by atoms with Gasteiger partial charge in [0, 0.05) is 24.7 Å². The van der Waals surface area contributed by atoms with Crippen molar-refractivity contribution >= 4 is 5.82 Å². The molecule has 1 aromatic rings. The number of aromatic nitrogens is 1. The van der Waals surface area contributed by atoms with Gasteiger partial charge in [-0.05, 0) is 39.2 Å². The molecule has 0 radical (unpaired) electrons. The first-order valence-corrected chi connectivity index (χ1v) is 6.84. The third-order valence-electron chi connectivity index (χ3n) is 3.57. The van der Waals surface area contributed by atoms with Crippen molar-refractivity contribution in [2.45, 2.75) is 45.2 Å². The van der Waals surface area contributed by atoms with Crippen molar-refractivity contribution in [3.05, 3.63) is 18.2 Å². The zero-order chi connectivity index (χ0) is 13.0. The fourth-order valence-electron chi connectivity index (χ4n) is 2.71. The van der Waals surface area contributed by atoms with Gasteiger partial charge in [0.1, 0.15) is 5.82 Å². The second-order valence-corrected chi connectivity index (χ2v) is 4.84. The van der Waals surface area contributed by atoms with Crippen molar-refractivity contribution < 1.29 is 4.74 Å². The highest BCUT2D eigenvalue weighted by atomic mass is 16.5. The zero-order valence-corrected chi connectivity index (χ0v) is 11.3. The van der Waals surface area contributed by atoms with Gasteiger partial charge in [-0.1, -0.05) is 6.07 Å². The number of ether oxygens (including phenoxy) is 1. The van der Waals surface area contributed by atoms with Crippen molar-refractivity contribution in [2.24, 2.45) is 5.73 Å².